The van der Waals surface area contributed by atoms with Gasteiger partial charge in [-0.1, -0.05) is 18.2 Å². The summed E-state index contributed by atoms with van der Waals surface area (Å²) in [4.78, 5) is 0. The molecule has 0 heterocycles. The van der Waals surface area contributed by atoms with Gasteiger partial charge in [0.05, 0.1) is 0 Å². The minimum Gasteiger partial charge on any atom is -0.326 e. The largest absolute Gasteiger partial charge is 0.326 e. The average Bonchev–Trinajstić information content (AvgIpc) is 2.19. The van der Waals surface area contributed by atoms with Gasteiger partial charge in [0.2, 0.25) is 0 Å². The highest BCUT2D eigenvalue weighted by molar-refractivity contribution is 7.85. The summed E-state index contributed by atoms with van der Waals surface area (Å²) < 4.78 is 11.9. The highest BCUT2D eigenvalue weighted by Gasteiger charge is 2.19. The van der Waals surface area contributed by atoms with Gasteiger partial charge in [-0.3, -0.25) is 4.21 Å². The summed E-state index contributed by atoms with van der Waals surface area (Å²) in [6.45, 7) is 8.63. The van der Waals surface area contributed by atoms with Gasteiger partial charge in [0.15, 0.2) is 0 Å². The van der Waals surface area contributed by atoms with Crippen molar-refractivity contribution < 1.29 is 4.21 Å². The molecule has 16 heavy (non-hydrogen) atoms. The molecule has 0 spiro atoms. The SMILES string of the molecule is Cc1cc(CN)ccc1CS(=O)C(C)(C)C. The summed E-state index contributed by atoms with van der Waals surface area (Å²) in [5, 5.41) is 0. The molecular formula is C13H21NOS. The molecule has 0 radical (unpaired) electrons. The van der Waals surface area contributed by atoms with E-state index in [9.17, 15) is 4.21 Å². The molecule has 0 saturated heterocycles. The molecule has 0 bridgehead atoms. The first-order valence-electron chi connectivity index (χ1n) is 5.51. The Morgan fingerprint density at radius 3 is 2.38 bits per heavy atom. The van der Waals surface area contributed by atoms with E-state index in [1.54, 1.807) is 0 Å². The predicted molar refractivity (Wildman–Crippen MR) is 70.7 cm³/mol. The van der Waals surface area contributed by atoms with Crippen molar-refractivity contribution >= 4 is 10.8 Å². The smallest absolute Gasteiger partial charge is 0.0493 e. The summed E-state index contributed by atoms with van der Waals surface area (Å²) in [5.41, 5.74) is 9.05. The van der Waals surface area contributed by atoms with Crippen molar-refractivity contribution in [2.45, 2.75) is 44.7 Å². The summed E-state index contributed by atoms with van der Waals surface area (Å²) in [7, 11) is -0.838. The molecule has 2 N–H and O–H groups in total. The maximum Gasteiger partial charge on any atom is 0.0493 e. The standard InChI is InChI=1S/C13H21NOS/c1-10-7-11(8-14)5-6-12(10)9-16(15)13(2,3)4/h5-7H,8-9,14H2,1-4H3. The van der Waals surface area contributed by atoms with E-state index in [0.29, 0.717) is 12.3 Å². The van der Waals surface area contributed by atoms with Gasteiger partial charge in [-0.15, -0.1) is 0 Å². The summed E-state index contributed by atoms with van der Waals surface area (Å²) in [6.07, 6.45) is 0. The maximum absolute atomic E-state index is 12.0. The lowest BCUT2D eigenvalue weighted by atomic mass is 10.1. The van der Waals surface area contributed by atoms with Crippen molar-refractivity contribution in [3.63, 3.8) is 0 Å². The number of benzene rings is 1. The van der Waals surface area contributed by atoms with Gasteiger partial charge in [0, 0.05) is 27.8 Å². The van der Waals surface area contributed by atoms with Crippen LogP contribution in [0.2, 0.25) is 0 Å². The molecule has 3 heteroatoms. The molecule has 0 fully saturated rings. The maximum atomic E-state index is 12.0. The topological polar surface area (TPSA) is 43.1 Å². The highest BCUT2D eigenvalue weighted by atomic mass is 32.2. The molecule has 0 aliphatic rings. The fourth-order valence-corrected chi connectivity index (χ4v) is 2.44. The van der Waals surface area contributed by atoms with Crippen LogP contribution < -0.4 is 5.73 Å². The van der Waals surface area contributed by atoms with Crippen LogP contribution in [0.1, 0.15) is 37.5 Å². The average molecular weight is 239 g/mol. The first kappa shape index (κ1) is 13.4. The van der Waals surface area contributed by atoms with Crippen molar-refractivity contribution in [2.75, 3.05) is 0 Å². The molecule has 0 aromatic heterocycles. The van der Waals surface area contributed by atoms with Crippen LogP contribution >= 0.6 is 0 Å². The van der Waals surface area contributed by atoms with E-state index in [1.165, 1.54) is 5.56 Å². The number of aryl methyl sites for hydroxylation is 1. The lowest BCUT2D eigenvalue weighted by molar-refractivity contribution is 0.648. The minimum atomic E-state index is -0.838. The van der Waals surface area contributed by atoms with Crippen LogP contribution in [0.4, 0.5) is 0 Å². The van der Waals surface area contributed by atoms with Gasteiger partial charge < -0.3 is 5.73 Å². The third-order valence-corrected chi connectivity index (χ3v) is 4.55. The fourth-order valence-electron chi connectivity index (χ4n) is 1.40. The Balaban J connectivity index is 2.87. The second-order valence-corrected chi connectivity index (χ2v) is 7.27. The molecule has 1 aromatic carbocycles. The summed E-state index contributed by atoms with van der Waals surface area (Å²) >= 11 is 0. The molecule has 1 unspecified atom stereocenters. The van der Waals surface area contributed by atoms with E-state index in [0.717, 1.165) is 11.1 Å². The van der Waals surface area contributed by atoms with Gasteiger partial charge in [0.25, 0.3) is 0 Å². The third-order valence-electron chi connectivity index (χ3n) is 2.61. The van der Waals surface area contributed by atoms with Crippen LogP contribution in [0.25, 0.3) is 0 Å². The van der Waals surface area contributed by atoms with E-state index in [4.69, 9.17) is 5.73 Å². The van der Waals surface area contributed by atoms with Crippen LogP contribution in [-0.2, 0) is 23.1 Å². The first-order chi connectivity index (χ1) is 7.34. The Hall–Kier alpha value is -0.670. The molecule has 0 aliphatic heterocycles. The predicted octanol–water partition coefficient (Wildman–Crippen LogP) is 2.50. The van der Waals surface area contributed by atoms with Crippen molar-refractivity contribution in [3.8, 4) is 0 Å². The Morgan fingerprint density at radius 1 is 1.31 bits per heavy atom. The van der Waals surface area contributed by atoms with Crippen molar-refractivity contribution in [1.29, 1.82) is 0 Å². The second-order valence-electron chi connectivity index (χ2n) is 5.07. The van der Waals surface area contributed by atoms with Crippen LogP contribution in [-0.4, -0.2) is 8.96 Å². The van der Waals surface area contributed by atoms with Crippen LogP contribution in [0.15, 0.2) is 18.2 Å². The summed E-state index contributed by atoms with van der Waals surface area (Å²) in [6, 6.07) is 6.14. The van der Waals surface area contributed by atoms with Crippen molar-refractivity contribution in [2.24, 2.45) is 5.73 Å². The molecule has 90 valence electrons. The molecule has 2 nitrogen and oxygen atoms in total. The molecule has 1 aromatic rings. The number of hydrogen-bond acceptors (Lipinski definition) is 2. The third kappa shape index (κ3) is 3.42. The van der Waals surface area contributed by atoms with E-state index < -0.39 is 10.8 Å². The zero-order valence-corrected chi connectivity index (χ0v) is 11.4. The lowest BCUT2D eigenvalue weighted by Crippen LogP contribution is -2.23. The lowest BCUT2D eigenvalue weighted by Gasteiger charge is -2.18. The molecule has 0 amide bonds. The molecule has 1 rings (SSSR count). The van der Waals surface area contributed by atoms with Crippen LogP contribution in [0.3, 0.4) is 0 Å². The van der Waals surface area contributed by atoms with Gasteiger partial charge >= 0.3 is 0 Å². The zero-order chi connectivity index (χ0) is 12.3. The molecule has 0 saturated carbocycles. The number of rotatable bonds is 3. The highest BCUT2D eigenvalue weighted by Crippen LogP contribution is 2.19. The van der Waals surface area contributed by atoms with E-state index in [2.05, 4.69) is 6.07 Å². The summed E-state index contributed by atoms with van der Waals surface area (Å²) in [5.74, 6) is 0.625. The van der Waals surface area contributed by atoms with Crippen LogP contribution in [0.5, 0.6) is 0 Å². The van der Waals surface area contributed by atoms with Crippen LogP contribution in [0, 0.1) is 6.92 Å². The normalized spacial score (nSPS) is 13.8. The Labute approximate surface area is 101 Å². The second kappa shape index (κ2) is 5.11. The van der Waals surface area contributed by atoms with E-state index in [-0.39, 0.29) is 4.75 Å². The molecule has 0 aliphatic carbocycles. The van der Waals surface area contributed by atoms with Gasteiger partial charge in [-0.25, -0.2) is 0 Å². The van der Waals surface area contributed by atoms with Crippen molar-refractivity contribution in [1.82, 2.24) is 0 Å². The van der Waals surface area contributed by atoms with Crippen molar-refractivity contribution in [3.05, 3.63) is 34.9 Å². The minimum absolute atomic E-state index is 0.154. The first-order valence-corrected chi connectivity index (χ1v) is 6.83. The van der Waals surface area contributed by atoms with E-state index in [1.807, 2.05) is 39.8 Å². The number of nitrogens with two attached hydrogens (primary N) is 1. The monoisotopic (exact) mass is 239 g/mol. The van der Waals surface area contributed by atoms with Gasteiger partial charge in [-0.2, -0.15) is 0 Å². The van der Waals surface area contributed by atoms with Gasteiger partial charge in [0.1, 0.15) is 0 Å². The zero-order valence-electron chi connectivity index (χ0n) is 10.5. The fraction of sp³-hybridized carbons (Fsp3) is 0.538. The quantitative estimate of drug-likeness (QED) is 0.880. The Bertz CT molecular complexity index is 393. The molecule has 1 atom stereocenters. The Morgan fingerprint density at radius 2 is 1.94 bits per heavy atom. The molecular weight excluding hydrogens is 218 g/mol. The number of hydrogen-bond donors (Lipinski definition) is 1. The van der Waals surface area contributed by atoms with Gasteiger partial charge in [-0.05, 0) is 44.4 Å². The Kier molecular flexibility index (Phi) is 4.28. The van der Waals surface area contributed by atoms with E-state index >= 15 is 0 Å².